The van der Waals surface area contributed by atoms with Gasteiger partial charge in [0.05, 0.1) is 0 Å². The smallest absolute Gasteiger partial charge is 0.0320 e. The van der Waals surface area contributed by atoms with Crippen LogP contribution in [0.1, 0.15) is 35.6 Å². The lowest BCUT2D eigenvalue weighted by atomic mass is 10.0. The lowest BCUT2D eigenvalue weighted by molar-refractivity contribution is 0.646. The first kappa shape index (κ1) is 10.2. The third-order valence-electron chi connectivity index (χ3n) is 2.92. The largest absolute Gasteiger partial charge is 0.310 e. The summed E-state index contributed by atoms with van der Waals surface area (Å²) in [6.07, 6.45) is 2.58. The highest BCUT2D eigenvalue weighted by Gasteiger charge is 2.17. The van der Waals surface area contributed by atoms with Crippen LogP contribution in [-0.2, 0) is 0 Å². The number of aryl methyl sites for hydroxylation is 2. The summed E-state index contributed by atoms with van der Waals surface area (Å²) < 4.78 is 1.25. The molecule has 1 N–H and O–H groups in total. The van der Waals surface area contributed by atoms with E-state index in [1.54, 1.807) is 0 Å². The predicted molar refractivity (Wildman–Crippen MR) is 63.6 cm³/mol. The summed E-state index contributed by atoms with van der Waals surface area (Å²) in [5.74, 6) is 0. The van der Waals surface area contributed by atoms with E-state index in [-0.39, 0.29) is 0 Å². The summed E-state index contributed by atoms with van der Waals surface area (Å²) in [6.45, 7) is 5.49. The molecule has 0 bridgehead atoms. The minimum Gasteiger partial charge on any atom is -0.310 e. The maximum absolute atomic E-state index is 3.60. The number of hydrogen-bond donors (Lipinski definition) is 1. The molecule has 2 rings (SSSR count). The van der Waals surface area contributed by atoms with E-state index in [1.807, 2.05) is 0 Å². The maximum atomic E-state index is 3.60. The number of benzene rings is 1. The van der Waals surface area contributed by atoms with Crippen LogP contribution in [-0.4, -0.2) is 6.54 Å². The van der Waals surface area contributed by atoms with Crippen LogP contribution in [0.15, 0.2) is 16.6 Å². The second-order valence-corrected chi connectivity index (χ2v) is 4.91. The summed E-state index contributed by atoms with van der Waals surface area (Å²) in [6, 6.07) is 5.17. The Hall–Kier alpha value is -0.340. The molecule has 1 aliphatic heterocycles. The highest BCUT2D eigenvalue weighted by molar-refractivity contribution is 9.10. The van der Waals surface area contributed by atoms with Crippen molar-refractivity contribution in [2.45, 2.75) is 32.7 Å². The van der Waals surface area contributed by atoms with Crippen LogP contribution in [0.25, 0.3) is 0 Å². The molecule has 1 aromatic carbocycles. The van der Waals surface area contributed by atoms with Gasteiger partial charge in [0.1, 0.15) is 0 Å². The minimum absolute atomic E-state index is 0.584. The fourth-order valence-electron chi connectivity index (χ4n) is 2.15. The Kier molecular flexibility index (Phi) is 2.93. The molecule has 1 unspecified atom stereocenters. The topological polar surface area (TPSA) is 12.0 Å². The highest BCUT2D eigenvalue weighted by Crippen LogP contribution is 2.29. The van der Waals surface area contributed by atoms with Gasteiger partial charge in [-0.3, -0.25) is 0 Å². The predicted octanol–water partition coefficient (Wildman–Crippen LogP) is 3.49. The molecule has 0 saturated carbocycles. The quantitative estimate of drug-likeness (QED) is 0.808. The fourth-order valence-corrected chi connectivity index (χ4v) is 2.38. The first-order valence-corrected chi connectivity index (χ1v) is 5.98. The molecular formula is C12H16BrN. The average molecular weight is 254 g/mol. The molecule has 0 radical (unpaired) electrons. The van der Waals surface area contributed by atoms with Gasteiger partial charge in [-0.1, -0.05) is 28.1 Å². The Morgan fingerprint density at radius 1 is 1.29 bits per heavy atom. The van der Waals surface area contributed by atoms with Crippen LogP contribution in [0, 0.1) is 13.8 Å². The molecule has 1 heterocycles. The molecule has 1 fully saturated rings. The molecule has 0 aliphatic carbocycles. The van der Waals surface area contributed by atoms with E-state index in [4.69, 9.17) is 0 Å². The maximum Gasteiger partial charge on any atom is 0.0320 e. The van der Waals surface area contributed by atoms with Crippen molar-refractivity contribution in [2.75, 3.05) is 6.54 Å². The van der Waals surface area contributed by atoms with E-state index in [0.29, 0.717) is 6.04 Å². The van der Waals surface area contributed by atoms with Gasteiger partial charge in [-0.2, -0.15) is 0 Å². The van der Waals surface area contributed by atoms with E-state index in [0.717, 1.165) is 0 Å². The first-order chi connectivity index (χ1) is 6.68. The van der Waals surface area contributed by atoms with Crippen LogP contribution < -0.4 is 5.32 Å². The minimum atomic E-state index is 0.584. The third-order valence-corrected chi connectivity index (χ3v) is 4.17. The van der Waals surface area contributed by atoms with Crippen molar-refractivity contribution >= 4 is 15.9 Å². The van der Waals surface area contributed by atoms with E-state index >= 15 is 0 Å². The molecule has 0 spiro atoms. The monoisotopic (exact) mass is 253 g/mol. The molecule has 0 aromatic heterocycles. The first-order valence-electron chi connectivity index (χ1n) is 5.18. The Bertz CT molecular complexity index is 317. The zero-order chi connectivity index (χ0) is 10.1. The highest BCUT2D eigenvalue weighted by atomic mass is 79.9. The van der Waals surface area contributed by atoms with Crippen LogP contribution in [0.4, 0.5) is 0 Å². The van der Waals surface area contributed by atoms with Crippen molar-refractivity contribution in [3.05, 3.63) is 33.3 Å². The van der Waals surface area contributed by atoms with E-state index in [2.05, 4.69) is 47.2 Å². The number of halogens is 1. The van der Waals surface area contributed by atoms with Crippen LogP contribution in [0.2, 0.25) is 0 Å². The summed E-state index contributed by atoms with van der Waals surface area (Å²) in [7, 11) is 0. The van der Waals surface area contributed by atoms with Gasteiger partial charge in [-0.25, -0.2) is 0 Å². The van der Waals surface area contributed by atoms with Gasteiger partial charge in [0.25, 0.3) is 0 Å². The van der Waals surface area contributed by atoms with E-state index in [9.17, 15) is 0 Å². The van der Waals surface area contributed by atoms with E-state index in [1.165, 1.54) is 40.5 Å². The van der Waals surface area contributed by atoms with Gasteiger partial charge < -0.3 is 5.32 Å². The molecule has 76 valence electrons. The van der Waals surface area contributed by atoms with Gasteiger partial charge in [0.2, 0.25) is 0 Å². The van der Waals surface area contributed by atoms with Gasteiger partial charge in [-0.15, -0.1) is 0 Å². The number of rotatable bonds is 1. The molecule has 1 saturated heterocycles. The molecule has 1 aliphatic rings. The van der Waals surface area contributed by atoms with Gasteiger partial charge in [0, 0.05) is 10.5 Å². The van der Waals surface area contributed by atoms with Crippen molar-refractivity contribution in [3.63, 3.8) is 0 Å². The van der Waals surface area contributed by atoms with Gasteiger partial charge >= 0.3 is 0 Å². The Labute approximate surface area is 94.0 Å². The fraction of sp³-hybridized carbons (Fsp3) is 0.500. The van der Waals surface area contributed by atoms with Crippen molar-refractivity contribution in [1.82, 2.24) is 5.32 Å². The van der Waals surface area contributed by atoms with Crippen molar-refractivity contribution in [2.24, 2.45) is 0 Å². The summed E-state index contributed by atoms with van der Waals surface area (Å²) >= 11 is 3.60. The van der Waals surface area contributed by atoms with Crippen LogP contribution in [0.3, 0.4) is 0 Å². The van der Waals surface area contributed by atoms with Crippen molar-refractivity contribution in [1.29, 1.82) is 0 Å². The van der Waals surface area contributed by atoms with Gasteiger partial charge in [0.15, 0.2) is 0 Å². The molecule has 0 amide bonds. The lowest BCUT2D eigenvalue weighted by Crippen LogP contribution is -2.13. The van der Waals surface area contributed by atoms with Crippen LogP contribution in [0.5, 0.6) is 0 Å². The molecular weight excluding hydrogens is 238 g/mol. The molecule has 1 aromatic rings. The second-order valence-electron chi connectivity index (χ2n) is 4.12. The molecule has 2 heteroatoms. The Morgan fingerprint density at radius 2 is 1.93 bits per heavy atom. The summed E-state index contributed by atoms with van der Waals surface area (Å²) in [4.78, 5) is 0. The van der Waals surface area contributed by atoms with Crippen molar-refractivity contribution in [3.8, 4) is 0 Å². The Morgan fingerprint density at radius 3 is 2.43 bits per heavy atom. The van der Waals surface area contributed by atoms with Gasteiger partial charge in [-0.05, 0) is 49.9 Å². The zero-order valence-corrected chi connectivity index (χ0v) is 10.3. The second kappa shape index (κ2) is 4.03. The Balaban J connectivity index is 2.34. The molecule has 1 atom stereocenters. The third kappa shape index (κ3) is 1.86. The van der Waals surface area contributed by atoms with Crippen molar-refractivity contribution < 1.29 is 0 Å². The van der Waals surface area contributed by atoms with Crippen LogP contribution >= 0.6 is 15.9 Å². The summed E-state index contributed by atoms with van der Waals surface area (Å²) in [5, 5.41) is 3.53. The van der Waals surface area contributed by atoms with E-state index < -0.39 is 0 Å². The lowest BCUT2D eigenvalue weighted by Gasteiger charge is -2.14. The number of nitrogens with one attached hydrogen (secondary N) is 1. The normalized spacial score (nSPS) is 21.5. The zero-order valence-electron chi connectivity index (χ0n) is 8.73. The molecule has 1 nitrogen and oxygen atoms in total. The molecule has 14 heavy (non-hydrogen) atoms. The number of hydrogen-bond acceptors (Lipinski definition) is 1. The SMILES string of the molecule is Cc1cc(C2CCCN2)cc(C)c1Br. The average Bonchev–Trinajstić information content (AvgIpc) is 2.66. The standard InChI is InChI=1S/C12H16BrN/c1-8-6-10(7-9(2)12(8)13)11-4-3-5-14-11/h6-7,11,14H,3-5H2,1-2H3. The summed E-state index contributed by atoms with van der Waals surface area (Å²) in [5.41, 5.74) is 4.13.